The summed E-state index contributed by atoms with van der Waals surface area (Å²) in [5.74, 6) is 0. The highest BCUT2D eigenvalue weighted by Crippen LogP contribution is 2.34. The number of nitrogens with one attached hydrogen (secondary N) is 1. The van der Waals surface area contributed by atoms with E-state index in [9.17, 15) is 0 Å². The molecule has 1 heterocycles. The van der Waals surface area contributed by atoms with Gasteiger partial charge in [0.15, 0.2) is 0 Å². The first-order chi connectivity index (χ1) is 11.7. The van der Waals surface area contributed by atoms with Gasteiger partial charge in [0.2, 0.25) is 0 Å². The van der Waals surface area contributed by atoms with Crippen molar-refractivity contribution in [2.75, 3.05) is 12.3 Å². The molecule has 0 aliphatic heterocycles. The topological polar surface area (TPSA) is 55.9 Å². The zero-order valence-corrected chi connectivity index (χ0v) is 14.2. The molecule has 124 valence electrons. The van der Waals surface area contributed by atoms with E-state index in [1.54, 1.807) is 0 Å². The van der Waals surface area contributed by atoms with Gasteiger partial charge in [0.1, 0.15) is 5.69 Å². The molecule has 0 radical (unpaired) electrons. The summed E-state index contributed by atoms with van der Waals surface area (Å²) in [5, 5.41) is 8.24. The molecule has 0 fully saturated rings. The van der Waals surface area contributed by atoms with Crippen LogP contribution in [0.15, 0.2) is 60.7 Å². The highest BCUT2D eigenvalue weighted by atomic mass is 15.3. The molecular formula is C20H24N4. The van der Waals surface area contributed by atoms with Crippen LogP contribution in [0.3, 0.4) is 0 Å². The van der Waals surface area contributed by atoms with E-state index in [2.05, 4.69) is 31.3 Å². The van der Waals surface area contributed by atoms with Crippen LogP contribution in [0.5, 0.6) is 0 Å². The Morgan fingerprint density at radius 2 is 1.54 bits per heavy atom. The quantitative estimate of drug-likeness (QED) is 0.726. The third-order valence-electron chi connectivity index (χ3n) is 3.96. The van der Waals surface area contributed by atoms with Crippen LogP contribution >= 0.6 is 0 Å². The van der Waals surface area contributed by atoms with E-state index in [1.165, 1.54) is 0 Å². The summed E-state index contributed by atoms with van der Waals surface area (Å²) in [5.41, 5.74) is 11.2. The molecule has 0 aliphatic rings. The molecule has 1 aromatic heterocycles. The second-order valence-electron chi connectivity index (χ2n) is 6.17. The van der Waals surface area contributed by atoms with Gasteiger partial charge in [-0.1, -0.05) is 74.5 Å². The van der Waals surface area contributed by atoms with Gasteiger partial charge in [-0.2, -0.15) is 5.10 Å². The minimum absolute atomic E-state index is 0.451. The van der Waals surface area contributed by atoms with Gasteiger partial charge in [0, 0.05) is 23.7 Å². The van der Waals surface area contributed by atoms with Crippen LogP contribution in [-0.2, 0) is 6.54 Å². The zero-order chi connectivity index (χ0) is 16.9. The number of nitrogen functional groups attached to an aromatic ring is 1. The highest BCUT2D eigenvalue weighted by Gasteiger charge is 2.17. The molecule has 0 saturated heterocycles. The Morgan fingerprint density at radius 3 is 2.12 bits per heavy atom. The number of anilines is 1. The van der Waals surface area contributed by atoms with Gasteiger partial charge in [0.25, 0.3) is 0 Å². The van der Waals surface area contributed by atoms with Crippen molar-refractivity contribution < 1.29 is 0 Å². The monoisotopic (exact) mass is 320 g/mol. The van der Waals surface area contributed by atoms with Crippen LogP contribution in [0.1, 0.15) is 13.8 Å². The molecular weight excluding hydrogens is 296 g/mol. The van der Waals surface area contributed by atoms with Crippen molar-refractivity contribution in [1.29, 1.82) is 0 Å². The van der Waals surface area contributed by atoms with E-state index in [-0.39, 0.29) is 0 Å². The average molecular weight is 320 g/mol. The Morgan fingerprint density at radius 1 is 0.958 bits per heavy atom. The Labute approximate surface area is 143 Å². The summed E-state index contributed by atoms with van der Waals surface area (Å²) in [7, 11) is 0. The number of nitrogens with two attached hydrogens (primary N) is 1. The minimum atomic E-state index is 0.451. The van der Waals surface area contributed by atoms with Crippen molar-refractivity contribution >= 4 is 5.69 Å². The van der Waals surface area contributed by atoms with Crippen molar-refractivity contribution in [3.63, 3.8) is 0 Å². The molecule has 3 aromatic rings. The van der Waals surface area contributed by atoms with Gasteiger partial charge < -0.3 is 11.1 Å². The van der Waals surface area contributed by atoms with Crippen LogP contribution < -0.4 is 11.1 Å². The van der Waals surface area contributed by atoms with Gasteiger partial charge in [-0.25, -0.2) is 0 Å². The number of hydrogen-bond donors (Lipinski definition) is 2. The van der Waals surface area contributed by atoms with Gasteiger partial charge in [0.05, 0.1) is 17.9 Å². The zero-order valence-electron chi connectivity index (χ0n) is 14.2. The smallest absolute Gasteiger partial charge is 0.116 e. The molecule has 24 heavy (non-hydrogen) atoms. The third kappa shape index (κ3) is 3.49. The van der Waals surface area contributed by atoms with Crippen molar-refractivity contribution in [1.82, 2.24) is 15.1 Å². The molecule has 0 aliphatic carbocycles. The van der Waals surface area contributed by atoms with Gasteiger partial charge in [-0.3, -0.25) is 4.68 Å². The molecule has 0 spiro atoms. The van der Waals surface area contributed by atoms with Crippen LogP contribution in [0, 0.1) is 0 Å². The fraction of sp³-hybridized carbons (Fsp3) is 0.250. The van der Waals surface area contributed by atoms with E-state index < -0.39 is 0 Å². The van der Waals surface area contributed by atoms with Crippen LogP contribution in [0.4, 0.5) is 5.69 Å². The molecule has 4 heteroatoms. The lowest BCUT2D eigenvalue weighted by Gasteiger charge is -2.11. The van der Waals surface area contributed by atoms with Gasteiger partial charge in [-0.15, -0.1) is 0 Å². The minimum Gasteiger partial charge on any atom is -0.395 e. The van der Waals surface area contributed by atoms with E-state index >= 15 is 0 Å². The maximum absolute atomic E-state index is 6.50. The van der Waals surface area contributed by atoms with E-state index in [0.29, 0.717) is 6.04 Å². The lowest BCUT2D eigenvalue weighted by Crippen LogP contribution is -2.27. The summed E-state index contributed by atoms with van der Waals surface area (Å²) < 4.78 is 2.02. The normalized spacial score (nSPS) is 11.1. The molecule has 0 amide bonds. The number of hydrogen-bond acceptors (Lipinski definition) is 3. The van der Waals surface area contributed by atoms with Crippen molar-refractivity contribution in [2.45, 2.75) is 26.4 Å². The summed E-state index contributed by atoms with van der Waals surface area (Å²) in [4.78, 5) is 0. The largest absolute Gasteiger partial charge is 0.395 e. The molecule has 2 aromatic carbocycles. The van der Waals surface area contributed by atoms with E-state index in [4.69, 9.17) is 10.8 Å². The first-order valence-corrected chi connectivity index (χ1v) is 8.37. The maximum Gasteiger partial charge on any atom is 0.116 e. The Kier molecular flexibility index (Phi) is 4.96. The van der Waals surface area contributed by atoms with Gasteiger partial charge in [-0.05, 0) is 0 Å². The molecule has 0 atom stereocenters. The Hall–Kier alpha value is -2.59. The standard InChI is InChI=1S/C20H24N4/c1-15(2)22-13-14-24-20(17-11-7-4-8-12-17)18(21)19(23-24)16-9-5-3-6-10-16/h3-12,15,22H,13-14,21H2,1-2H3. The summed E-state index contributed by atoms with van der Waals surface area (Å²) in [6, 6.07) is 20.8. The van der Waals surface area contributed by atoms with Crippen LogP contribution in [0.25, 0.3) is 22.5 Å². The average Bonchev–Trinajstić information content (AvgIpc) is 2.92. The number of benzene rings is 2. The highest BCUT2D eigenvalue weighted by molar-refractivity contribution is 5.85. The predicted octanol–water partition coefficient (Wildman–Crippen LogP) is 3.80. The van der Waals surface area contributed by atoms with E-state index in [1.807, 2.05) is 53.2 Å². The summed E-state index contributed by atoms with van der Waals surface area (Å²) >= 11 is 0. The third-order valence-corrected chi connectivity index (χ3v) is 3.96. The Balaban J connectivity index is 2.02. The fourth-order valence-corrected chi connectivity index (χ4v) is 2.81. The number of aromatic nitrogens is 2. The molecule has 4 nitrogen and oxygen atoms in total. The first kappa shape index (κ1) is 16.3. The predicted molar refractivity (Wildman–Crippen MR) is 101 cm³/mol. The molecule has 3 N–H and O–H groups in total. The number of rotatable bonds is 6. The second kappa shape index (κ2) is 7.32. The van der Waals surface area contributed by atoms with Crippen molar-refractivity contribution in [3.8, 4) is 22.5 Å². The van der Waals surface area contributed by atoms with Crippen molar-refractivity contribution in [3.05, 3.63) is 60.7 Å². The summed E-state index contributed by atoms with van der Waals surface area (Å²) in [6.07, 6.45) is 0. The van der Waals surface area contributed by atoms with E-state index in [0.717, 1.165) is 41.3 Å². The first-order valence-electron chi connectivity index (χ1n) is 8.37. The number of nitrogens with zero attached hydrogens (tertiary/aromatic N) is 2. The van der Waals surface area contributed by atoms with Gasteiger partial charge >= 0.3 is 0 Å². The molecule has 3 rings (SSSR count). The fourth-order valence-electron chi connectivity index (χ4n) is 2.81. The molecule has 0 saturated carbocycles. The lowest BCUT2D eigenvalue weighted by atomic mass is 10.1. The SMILES string of the molecule is CC(C)NCCn1nc(-c2ccccc2)c(N)c1-c1ccccc1. The molecule has 0 bridgehead atoms. The molecule has 0 unspecified atom stereocenters. The van der Waals surface area contributed by atoms with Crippen LogP contribution in [-0.4, -0.2) is 22.4 Å². The lowest BCUT2D eigenvalue weighted by molar-refractivity contribution is 0.519. The van der Waals surface area contributed by atoms with Crippen molar-refractivity contribution in [2.24, 2.45) is 0 Å². The summed E-state index contributed by atoms with van der Waals surface area (Å²) in [6.45, 7) is 5.92. The Bertz CT molecular complexity index is 776. The maximum atomic E-state index is 6.50. The second-order valence-corrected chi connectivity index (χ2v) is 6.17. The van der Waals surface area contributed by atoms with Crippen LogP contribution in [0.2, 0.25) is 0 Å².